The Labute approximate surface area is 118 Å². The Morgan fingerprint density at radius 3 is 2.75 bits per heavy atom. The smallest absolute Gasteiger partial charge is 0.345 e. The fourth-order valence-corrected chi connectivity index (χ4v) is 2.32. The molecule has 0 bridgehead atoms. The minimum Gasteiger partial charge on any atom is -0.465 e. The van der Waals surface area contributed by atoms with Crippen molar-refractivity contribution >= 4 is 17.6 Å². The van der Waals surface area contributed by atoms with Gasteiger partial charge < -0.3 is 21.1 Å². The van der Waals surface area contributed by atoms with Gasteiger partial charge in [0.2, 0.25) is 0 Å². The SMILES string of the molecule is COC(=O)c1c(NC2CCNC2)nn(C(C)(C)C)c1N. The summed E-state index contributed by atoms with van der Waals surface area (Å²) in [5.74, 6) is 0.363. The highest BCUT2D eigenvalue weighted by Gasteiger charge is 2.29. The lowest BCUT2D eigenvalue weighted by molar-refractivity contribution is 0.0603. The van der Waals surface area contributed by atoms with E-state index in [1.165, 1.54) is 7.11 Å². The molecule has 0 saturated carbocycles. The summed E-state index contributed by atoms with van der Waals surface area (Å²) < 4.78 is 6.48. The quantitative estimate of drug-likeness (QED) is 0.709. The lowest BCUT2D eigenvalue weighted by Crippen LogP contribution is -2.26. The molecule has 1 aliphatic rings. The van der Waals surface area contributed by atoms with Gasteiger partial charge in [0.1, 0.15) is 11.4 Å². The van der Waals surface area contributed by atoms with Gasteiger partial charge in [-0.1, -0.05) is 0 Å². The third-order valence-corrected chi connectivity index (χ3v) is 3.35. The minimum absolute atomic E-state index is 0.251. The van der Waals surface area contributed by atoms with Gasteiger partial charge in [0.25, 0.3) is 0 Å². The molecular weight excluding hydrogens is 258 g/mol. The van der Waals surface area contributed by atoms with Crippen molar-refractivity contribution in [3.8, 4) is 0 Å². The summed E-state index contributed by atoms with van der Waals surface area (Å²) in [6, 6.07) is 0.251. The van der Waals surface area contributed by atoms with E-state index in [1.54, 1.807) is 4.68 Å². The lowest BCUT2D eigenvalue weighted by atomic mass is 10.1. The number of aromatic nitrogens is 2. The van der Waals surface area contributed by atoms with E-state index in [9.17, 15) is 4.79 Å². The Hall–Kier alpha value is -1.76. The molecule has 1 unspecified atom stereocenters. The third kappa shape index (κ3) is 2.72. The molecule has 0 aliphatic carbocycles. The summed E-state index contributed by atoms with van der Waals surface area (Å²) in [4.78, 5) is 12.0. The van der Waals surface area contributed by atoms with Crippen molar-refractivity contribution in [3.63, 3.8) is 0 Å². The van der Waals surface area contributed by atoms with E-state index >= 15 is 0 Å². The average Bonchev–Trinajstić information content (AvgIpc) is 2.96. The van der Waals surface area contributed by atoms with Gasteiger partial charge >= 0.3 is 5.97 Å². The van der Waals surface area contributed by atoms with E-state index in [-0.39, 0.29) is 11.6 Å². The van der Waals surface area contributed by atoms with Crippen LogP contribution >= 0.6 is 0 Å². The van der Waals surface area contributed by atoms with Crippen molar-refractivity contribution < 1.29 is 9.53 Å². The second-order valence-corrected chi connectivity index (χ2v) is 6.02. The van der Waals surface area contributed by atoms with Gasteiger partial charge in [-0.25, -0.2) is 9.48 Å². The van der Waals surface area contributed by atoms with Crippen molar-refractivity contribution in [1.82, 2.24) is 15.1 Å². The average molecular weight is 281 g/mol. The largest absolute Gasteiger partial charge is 0.465 e. The van der Waals surface area contributed by atoms with E-state index in [2.05, 4.69) is 15.7 Å². The van der Waals surface area contributed by atoms with Gasteiger partial charge in [0.05, 0.1) is 12.6 Å². The van der Waals surface area contributed by atoms with E-state index < -0.39 is 5.97 Å². The van der Waals surface area contributed by atoms with Crippen LogP contribution in [0.15, 0.2) is 0 Å². The van der Waals surface area contributed by atoms with Crippen molar-refractivity contribution in [2.24, 2.45) is 0 Å². The Bertz CT molecular complexity index is 498. The zero-order valence-electron chi connectivity index (χ0n) is 12.5. The summed E-state index contributed by atoms with van der Waals surface area (Å²) in [7, 11) is 1.34. The molecule has 1 aromatic rings. The topological polar surface area (TPSA) is 94.2 Å². The number of hydrogen-bond donors (Lipinski definition) is 3. The molecule has 0 aromatic carbocycles. The molecule has 20 heavy (non-hydrogen) atoms. The second kappa shape index (κ2) is 5.32. The highest BCUT2D eigenvalue weighted by atomic mass is 16.5. The number of anilines is 2. The van der Waals surface area contributed by atoms with Crippen LogP contribution in [0, 0.1) is 0 Å². The van der Waals surface area contributed by atoms with Crippen LogP contribution in [0.2, 0.25) is 0 Å². The molecule has 112 valence electrons. The maximum Gasteiger partial charge on any atom is 0.345 e. The predicted octanol–water partition coefficient (Wildman–Crippen LogP) is 0.781. The number of hydrogen-bond acceptors (Lipinski definition) is 6. The Morgan fingerprint density at radius 2 is 2.25 bits per heavy atom. The molecule has 7 nitrogen and oxygen atoms in total. The number of nitrogens with two attached hydrogens (primary N) is 1. The first kappa shape index (κ1) is 14.6. The number of carbonyl (C=O) groups excluding carboxylic acids is 1. The number of rotatable bonds is 3. The number of nitrogens with zero attached hydrogens (tertiary/aromatic N) is 2. The fraction of sp³-hybridized carbons (Fsp3) is 0.692. The molecule has 0 amide bonds. The molecular formula is C13H23N5O2. The maximum atomic E-state index is 12.0. The summed E-state index contributed by atoms with van der Waals surface area (Å²) in [5.41, 5.74) is 6.09. The molecule has 1 atom stereocenters. The van der Waals surface area contributed by atoms with Crippen molar-refractivity contribution in [2.45, 2.75) is 38.8 Å². The van der Waals surface area contributed by atoms with Gasteiger partial charge in [-0.05, 0) is 33.7 Å². The normalized spacial score (nSPS) is 19.1. The van der Waals surface area contributed by atoms with Crippen LogP contribution in [0.4, 0.5) is 11.6 Å². The van der Waals surface area contributed by atoms with Crippen LogP contribution in [0.25, 0.3) is 0 Å². The number of methoxy groups -OCH3 is 1. The highest BCUT2D eigenvalue weighted by molar-refractivity contribution is 5.99. The first-order valence-corrected chi connectivity index (χ1v) is 6.79. The second-order valence-electron chi connectivity index (χ2n) is 6.02. The predicted molar refractivity (Wildman–Crippen MR) is 77.9 cm³/mol. The van der Waals surface area contributed by atoms with Crippen LogP contribution in [0.1, 0.15) is 37.6 Å². The summed E-state index contributed by atoms with van der Waals surface area (Å²) in [6.07, 6.45) is 0.989. The molecule has 1 saturated heterocycles. The van der Waals surface area contributed by atoms with Gasteiger partial charge in [0, 0.05) is 12.6 Å². The van der Waals surface area contributed by atoms with E-state index in [0.717, 1.165) is 19.5 Å². The van der Waals surface area contributed by atoms with Crippen molar-refractivity contribution in [1.29, 1.82) is 0 Å². The molecule has 0 radical (unpaired) electrons. The molecule has 1 aromatic heterocycles. The molecule has 2 heterocycles. The molecule has 2 rings (SSSR count). The van der Waals surface area contributed by atoms with Crippen molar-refractivity contribution in [2.75, 3.05) is 31.2 Å². The third-order valence-electron chi connectivity index (χ3n) is 3.35. The molecule has 1 fully saturated rings. The number of nitrogen functional groups attached to an aromatic ring is 1. The minimum atomic E-state index is -0.466. The fourth-order valence-electron chi connectivity index (χ4n) is 2.32. The van der Waals surface area contributed by atoms with Gasteiger partial charge in [-0.15, -0.1) is 0 Å². The first-order valence-electron chi connectivity index (χ1n) is 6.79. The highest BCUT2D eigenvalue weighted by Crippen LogP contribution is 2.28. The van der Waals surface area contributed by atoms with Gasteiger partial charge in [0.15, 0.2) is 5.82 Å². The van der Waals surface area contributed by atoms with Crippen LogP contribution in [-0.4, -0.2) is 42.0 Å². The first-order chi connectivity index (χ1) is 9.34. The lowest BCUT2D eigenvalue weighted by Gasteiger charge is -2.20. The van der Waals surface area contributed by atoms with E-state index in [1.807, 2.05) is 20.8 Å². The van der Waals surface area contributed by atoms with Crippen LogP contribution in [0.3, 0.4) is 0 Å². The Kier molecular flexibility index (Phi) is 3.89. The van der Waals surface area contributed by atoms with Crippen LogP contribution in [0.5, 0.6) is 0 Å². The standard InChI is InChI=1S/C13H23N5O2/c1-13(2,3)18-10(14)9(12(19)20-4)11(17-18)16-8-5-6-15-7-8/h8,15H,5-7,14H2,1-4H3,(H,16,17). The summed E-state index contributed by atoms with van der Waals surface area (Å²) in [5, 5.41) is 11.0. The van der Waals surface area contributed by atoms with Crippen LogP contribution < -0.4 is 16.4 Å². The zero-order chi connectivity index (χ0) is 14.9. The summed E-state index contributed by atoms with van der Waals surface area (Å²) in [6.45, 7) is 7.76. The van der Waals surface area contributed by atoms with Gasteiger partial charge in [-0.2, -0.15) is 5.10 Å². The van der Waals surface area contributed by atoms with E-state index in [4.69, 9.17) is 10.5 Å². The molecule has 1 aliphatic heterocycles. The summed E-state index contributed by atoms with van der Waals surface area (Å²) >= 11 is 0. The molecule has 4 N–H and O–H groups in total. The van der Waals surface area contributed by atoms with Crippen molar-refractivity contribution in [3.05, 3.63) is 5.56 Å². The Balaban J connectivity index is 2.39. The monoisotopic (exact) mass is 281 g/mol. The maximum absolute atomic E-state index is 12.0. The van der Waals surface area contributed by atoms with E-state index in [0.29, 0.717) is 17.2 Å². The molecule has 0 spiro atoms. The zero-order valence-corrected chi connectivity index (χ0v) is 12.5. The number of esters is 1. The van der Waals surface area contributed by atoms with Crippen LogP contribution in [-0.2, 0) is 10.3 Å². The number of ether oxygens (including phenoxy) is 1. The van der Waals surface area contributed by atoms with Gasteiger partial charge in [-0.3, -0.25) is 0 Å². The number of nitrogens with one attached hydrogen (secondary N) is 2. The number of carbonyl (C=O) groups is 1. The molecule has 7 heteroatoms. The Morgan fingerprint density at radius 1 is 1.55 bits per heavy atom.